The first-order chi connectivity index (χ1) is 10.7. The average molecular weight is 303 g/mol. The number of piperidine rings is 1. The number of H-pyrrole nitrogens is 1. The lowest BCUT2D eigenvalue weighted by Crippen LogP contribution is -2.36. The lowest BCUT2D eigenvalue weighted by atomic mass is 9.95. The molecule has 7 nitrogen and oxygen atoms in total. The molecule has 1 atom stereocenters. The third kappa shape index (κ3) is 3.73. The van der Waals surface area contributed by atoms with Crippen LogP contribution in [0.2, 0.25) is 0 Å². The highest BCUT2D eigenvalue weighted by Gasteiger charge is 2.22. The molecule has 3 heterocycles. The van der Waals surface area contributed by atoms with E-state index in [1.54, 1.807) is 19.2 Å². The molecule has 1 saturated heterocycles. The summed E-state index contributed by atoms with van der Waals surface area (Å²) in [5, 5.41) is 13.6. The van der Waals surface area contributed by atoms with Crippen molar-refractivity contribution < 1.29 is 9.32 Å². The molecule has 0 bridgehead atoms. The van der Waals surface area contributed by atoms with Crippen molar-refractivity contribution in [3.8, 4) is 0 Å². The van der Waals surface area contributed by atoms with Crippen LogP contribution in [0.25, 0.3) is 0 Å². The summed E-state index contributed by atoms with van der Waals surface area (Å²) in [4.78, 5) is 14.3. The number of nitrogens with one attached hydrogen (secondary N) is 2. The highest BCUT2D eigenvalue weighted by atomic mass is 16.5. The Hall–Kier alpha value is -2.15. The second-order valence-electron chi connectivity index (χ2n) is 5.77. The van der Waals surface area contributed by atoms with Gasteiger partial charge in [0.05, 0.1) is 0 Å². The third-order valence-electron chi connectivity index (χ3n) is 4.02. The normalized spacial score (nSPS) is 19.2. The highest BCUT2D eigenvalue weighted by Crippen LogP contribution is 2.25. The van der Waals surface area contributed by atoms with Gasteiger partial charge in [-0.1, -0.05) is 5.16 Å². The molecule has 1 fully saturated rings. The van der Waals surface area contributed by atoms with Crippen molar-refractivity contribution in [2.45, 2.75) is 32.1 Å². The number of aryl methyl sites for hydroxylation is 1. The maximum atomic E-state index is 11.9. The predicted octanol–water partition coefficient (Wildman–Crippen LogP) is 1.91. The Morgan fingerprint density at radius 3 is 3.23 bits per heavy atom. The summed E-state index contributed by atoms with van der Waals surface area (Å²) in [6.45, 7) is 4.57. The van der Waals surface area contributed by atoms with Gasteiger partial charge in [-0.2, -0.15) is 5.10 Å². The van der Waals surface area contributed by atoms with E-state index in [1.807, 2.05) is 6.07 Å². The lowest BCUT2D eigenvalue weighted by Gasteiger charge is -2.31. The summed E-state index contributed by atoms with van der Waals surface area (Å²) in [5.74, 6) is 1.62. The van der Waals surface area contributed by atoms with Crippen LogP contribution >= 0.6 is 0 Å². The number of nitrogens with zero attached hydrogens (tertiary/aromatic N) is 3. The first-order valence-electron chi connectivity index (χ1n) is 7.65. The number of carbonyl (C=O) groups excluding carboxylic acids is 1. The number of aromatic amines is 1. The quantitative estimate of drug-likeness (QED) is 0.881. The van der Waals surface area contributed by atoms with Gasteiger partial charge in [-0.15, -0.1) is 0 Å². The minimum atomic E-state index is -0.0306. The van der Waals surface area contributed by atoms with Crippen molar-refractivity contribution in [1.82, 2.24) is 20.3 Å². The van der Waals surface area contributed by atoms with E-state index in [2.05, 4.69) is 25.6 Å². The van der Waals surface area contributed by atoms with Gasteiger partial charge in [-0.05, 0) is 32.4 Å². The van der Waals surface area contributed by atoms with Gasteiger partial charge in [0.25, 0.3) is 0 Å². The molecule has 22 heavy (non-hydrogen) atoms. The van der Waals surface area contributed by atoms with E-state index < -0.39 is 0 Å². The molecule has 1 aliphatic heterocycles. The number of likely N-dealkylation sites (tertiary alicyclic amines) is 1. The Labute approximate surface area is 129 Å². The zero-order valence-electron chi connectivity index (χ0n) is 12.7. The number of rotatable bonds is 5. The van der Waals surface area contributed by atoms with E-state index in [1.165, 1.54) is 12.1 Å². The summed E-state index contributed by atoms with van der Waals surface area (Å²) in [5.41, 5.74) is 1.19. The molecule has 1 amide bonds. The van der Waals surface area contributed by atoms with E-state index in [4.69, 9.17) is 4.52 Å². The zero-order chi connectivity index (χ0) is 15.4. The monoisotopic (exact) mass is 303 g/mol. The molecule has 0 unspecified atom stereocenters. The minimum Gasteiger partial charge on any atom is -0.360 e. The molecule has 0 aliphatic carbocycles. The molecular weight excluding hydrogens is 282 g/mol. The molecule has 2 aromatic rings. The smallest absolute Gasteiger partial charge is 0.226 e. The number of anilines is 1. The van der Waals surface area contributed by atoms with Crippen LogP contribution in [0.15, 0.2) is 22.9 Å². The van der Waals surface area contributed by atoms with E-state index in [0.717, 1.165) is 26.1 Å². The number of aromatic nitrogens is 3. The first-order valence-corrected chi connectivity index (χ1v) is 7.65. The molecule has 1 aliphatic rings. The summed E-state index contributed by atoms with van der Waals surface area (Å²) < 4.78 is 4.93. The molecule has 7 heteroatoms. The fraction of sp³-hybridized carbons (Fsp3) is 0.533. The van der Waals surface area contributed by atoms with Crippen LogP contribution < -0.4 is 5.32 Å². The van der Waals surface area contributed by atoms with Crippen molar-refractivity contribution in [3.63, 3.8) is 0 Å². The molecule has 3 rings (SSSR count). The number of amides is 1. The largest absolute Gasteiger partial charge is 0.360 e. The van der Waals surface area contributed by atoms with Gasteiger partial charge < -0.3 is 14.7 Å². The van der Waals surface area contributed by atoms with Crippen LogP contribution in [0.1, 0.15) is 36.6 Å². The van der Waals surface area contributed by atoms with Crippen LogP contribution in [0, 0.1) is 6.92 Å². The highest BCUT2D eigenvalue weighted by molar-refractivity contribution is 5.89. The fourth-order valence-electron chi connectivity index (χ4n) is 2.90. The second-order valence-corrected chi connectivity index (χ2v) is 5.77. The number of hydrogen-bond acceptors (Lipinski definition) is 5. The van der Waals surface area contributed by atoms with Gasteiger partial charge in [-0.3, -0.25) is 9.89 Å². The average Bonchev–Trinajstić information content (AvgIpc) is 3.17. The Kier molecular flexibility index (Phi) is 4.53. The second kappa shape index (κ2) is 6.74. The number of hydrogen-bond donors (Lipinski definition) is 2. The maximum absolute atomic E-state index is 11.9. The molecule has 2 aromatic heterocycles. The maximum Gasteiger partial charge on any atom is 0.226 e. The van der Waals surface area contributed by atoms with E-state index in [-0.39, 0.29) is 5.91 Å². The molecule has 0 aromatic carbocycles. The molecule has 0 spiro atoms. The van der Waals surface area contributed by atoms with E-state index >= 15 is 0 Å². The van der Waals surface area contributed by atoms with E-state index in [0.29, 0.717) is 23.9 Å². The van der Waals surface area contributed by atoms with Crippen LogP contribution in [0.5, 0.6) is 0 Å². The topological polar surface area (TPSA) is 87.0 Å². The fourth-order valence-corrected chi connectivity index (χ4v) is 2.90. The third-order valence-corrected chi connectivity index (χ3v) is 4.02. The predicted molar refractivity (Wildman–Crippen MR) is 81.5 cm³/mol. The Balaban J connectivity index is 1.45. The van der Waals surface area contributed by atoms with Crippen LogP contribution in [-0.2, 0) is 4.79 Å². The standard InChI is InChI=1S/C15H21N5O2/c1-11-9-14(19-22-11)17-15(21)5-8-20-7-2-3-12(10-20)13-4-6-16-18-13/h4,6,9,12H,2-3,5,7-8,10H2,1H3,(H,16,18)(H,17,19,21)/t12-/m1/s1. The molecular formula is C15H21N5O2. The van der Waals surface area contributed by atoms with Gasteiger partial charge in [0.15, 0.2) is 5.82 Å². The van der Waals surface area contributed by atoms with Crippen LogP contribution in [0.3, 0.4) is 0 Å². The Bertz CT molecular complexity index is 607. The van der Waals surface area contributed by atoms with Crippen molar-refractivity contribution in [3.05, 3.63) is 29.8 Å². The minimum absolute atomic E-state index is 0.0306. The molecule has 118 valence electrons. The summed E-state index contributed by atoms with van der Waals surface area (Å²) in [6, 6.07) is 3.75. The molecule has 0 saturated carbocycles. The van der Waals surface area contributed by atoms with Gasteiger partial charge in [0, 0.05) is 43.4 Å². The Morgan fingerprint density at radius 1 is 1.59 bits per heavy atom. The van der Waals surface area contributed by atoms with Crippen LogP contribution in [-0.4, -0.2) is 45.8 Å². The summed E-state index contributed by atoms with van der Waals surface area (Å²) >= 11 is 0. The Morgan fingerprint density at radius 2 is 2.50 bits per heavy atom. The molecule has 2 N–H and O–H groups in total. The number of carbonyl (C=O) groups is 1. The van der Waals surface area contributed by atoms with Gasteiger partial charge in [-0.25, -0.2) is 0 Å². The van der Waals surface area contributed by atoms with Crippen molar-refractivity contribution in [2.24, 2.45) is 0 Å². The SMILES string of the molecule is Cc1cc(NC(=O)CCN2CCC[C@@H](c3ccn[nH]3)C2)no1. The summed E-state index contributed by atoms with van der Waals surface area (Å²) in [7, 11) is 0. The van der Waals surface area contributed by atoms with E-state index in [9.17, 15) is 4.79 Å². The van der Waals surface area contributed by atoms with Gasteiger partial charge >= 0.3 is 0 Å². The molecule has 0 radical (unpaired) electrons. The van der Waals surface area contributed by atoms with Gasteiger partial charge in [0.2, 0.25) is 5.91 Å². The summed E-state index contributed by atoms with van der Waals surface area (Å²) in [6.07, 6.45) is 4.57. The van der Waals surface area contributed by atoms with Gasteiger partial charge in [0.1, 0.15) is 5.76 Å². The van der Waals surface area contributed by atoms with Crippen molar-refractivity contribution >= 4 is 11.7 Å². The zero-order valence-corrected chi connectivity index (χ0v) is 12.7. The first kappa shape index (κ1) is 14.8. The van der Waals surface area contributed by atoms with Crippen LogP contribution in [0.4, 0.5) is 5.82 Å². The van der Waals surface area contributed by atoms with Crippen molar-refractivity contribution in [1.29, 1.82) is 0 Å². The lowest BCUT2D eigenvalue weighted by molar-refractivity contribution is -0.116. The van der Waals surface area contributed by atoms with Crippen molar-refractivity contribution in [2.75, 3.05) is 25.0 Å².